The van der Waals surface area contributed by atoms with E-state index in [4.69, 9.17) is 0 Å². The zero-order valence-electron chi connectivity index (χ0n) is 16.6. The minimum atomic E-state index is -0.241. The number of carbonyl (C=O) groups excluding carboxylic acids is 1. The summed E-state index contributed by atoms with van der Waals surface area (Å²) in [6.07, 6.45) is 3.62. The third-order valence-corrected chi connectivity index (χ3v) is 5.67. The molecular weight excluding hydrogens is 358 g/mol. The van der Waals surface area contributed by atoms with Crippen molar-refractivity contribution in [1.82, 2.24) is 20.1 Å². The third kappa shape index (κ3) is 4.83. The summed E-state index contributed by atoms with van der Waals surface area (Å²) >= 11 is 1.45. The van der Waals surface area contributed by atoms with Crippen LogP contribution in [0.4, 0.5) is 5.95 Å². The monoisotopic (exact) mass is 387 g/mol. The number of hydrogen-bond acceptors (Lipinski definition) is 5. The van der Waals surface area contributed by atoms with Crippen LogP contribution in [0.3, 0.4) is 0 Å². The van der Waals surface area contributed by atoms with Gasteiger partial charge in [0.05, 0.1) is 10.9 Å². The van der Waals surface area contributed by atoms with Crippen molar-refractivity contribution < 1.29 is 4.79 Å². The Hall–Kier alpha value is -2.02. The Labute approximate surface area is 165 Å². The van der Waals surface area contributed by atoms with Gasteiger partial charge in [0.25, 0.3) is 0 Å². The molecule has 1 saturated heterocycles. The van der Waals surface area contributed by atoms with Gasteiger partial charge in [-0.15, -0.1) is 10.2 Å². The van der Waals surface area contributed by atoms with Crippen LogP contribution < -0.4 is 10.2 Å². The highest BCUT2D eigenvalue weighted by atomic mass is 32.2. The predicted octanol–water partition coefficient (Wildman–Crippen LogP) is 3.57. The average molecular weight is 388 g/mol. The van der Waals surface area contributed by atoms with Gasteiger partial charge >= 0.3 is 0 Å². The van der Waals surface area contributed by atoms with Crippen molar-refractivity contribution in [3.63, 3.8) is 0 Å². The number of benzene rings is 1. The Morgan fingerprint density at radius 1 is 1.07 bits per heavy atom. The van der Waals surface area contributed by atoms with E-state index in [1.807, 2.05) is 20.8 Å². The summed E-state index contributed by atoms with van der Waals surface area (Å²) in [6, 6.07) is 8.50. The second-order valence-corrected chi connectivity index (χ2v) is 8.73. The van der Waals surface area contributed by atoms with Gasteiger partial charge in [-0.25, -0.2) is 0 Å². The van der Waals surface area contributed by atoms with Crippen LogP contribution in [0.15, 0.2) is 29.4 Å². The van der Waals surface area contributed by atoms with E-state index in [0.29, 0.717) is 0 Å². The lowest BCUT2D eigenvalue weighted by Crippen LogP contribution is -2.36. The van der Waals surface area contributed by atoms with Crippen LogP contribution in [0, 0.1) is 6.92 Å². The largest absolute Gasteiger partial charge is 0.353 e. The Balaban J connectivity index is 1.92. The minimum Gasteiger partial charge on any atom is -0.353 e. The number of thioether (sulfide) groups is 1. The fourth-order valence-corrected chi connectivity index (χ4v) is 4.04. The number of carbonyl (C=O) groups is 1. The van der Waals surface area contributed by atoms with Gasteiger partial charge in [-0.3, -0.25) is 9.36 Å². The van der Waals surface area contributed by atoms with E-state index in [9.17, 15) is 4.79 Å². The zero-order chi connectivity index (χ0) is 19.4. The molecule has 0 spiro atoms. The van der Waals surface area contributed by atoms with Crippen molar-refractivity contribution in [1.29, 1.82) is 0 Å². The number of anilines is 1. The molecule has 3 rings (SSSR count). The second-order valence-electron chi connectivity index (χ2n) is 7.42. The maximum atomic E-state index is 12.4. The van der Waals surface area contributed by atoms with Gasteiger partial charge in [-0.1, -0.05) is 29.5 Å². The molecule has 1 N–H and O–H groups in total. The van der Waals surface area contributed by atoms with Crippen LogP contribution in [-0.4, -0.2) is 45.1 Å². The predicted molar refractivity (Wildman–Crippen MR) is 111 cm³/mol. The molecular formula is C20H29N5OS. The third-order valence-electron chi connectivity index (χ3n) is 4.63. The van der Waals surface area contributed by atoms with Crippen LogP contribution in [0.2, 0.25) is 0 Å². The number of amides is 1. The summed E-state index contributed by atoms with van der Waals surface area (Å²) in [7, 11) is 0. The van der Waals surface area contributed by atoms with E-state index in [1.54, 1.807) is 0 Å². The molecule has 1 aliphatic rings. The first-order valence-corrected chi connectivity index (χ1v) is 10.6. The molecule has 1 atom stereocenters. The van der Waals surface area contributed by atoms with E-state index < -0.39 is 0 Å². The molecule has 146 valence electrons. The van der Waals surface area contributed by atoms with Gasteiger partial charge in [-0.2, -0.15) is 0 Å². The fraction of sp³-hybridized carbons (Fsp3) is 0.550. The smallest absolute Gasteiger partial charge is 0.233 e. The first-order valence-electron chi connectivity index (χ1n) is 9.70. The van der Waals surface area contributed by atoms with E-state index in [0.717, 1.165) is 29.9 Å². The lowest BCUT2D eigenvalue weighted by Gasteiger charge is -2.28. The quantitative estimate of drug-likeness (QED) is 0.768. The molecule has 1 amide bonds. The topological polar surface area (TPSA) is 63.1 Å². The molecule has 1 unspecified atom stereocenters. The number of aromatic nitrogens is 3. The molecule has 0 saturated carbocycles. The van der Waals surface area contributed by atoms with E-state index in [1.165, 1.54) is 36.6 Å². The van der Waals surface area contributed by atoms with Crippen molar-refractivity contribution in [3.05, 3.63) is 29.8 Å². The van der Waals surface area contributed by atoms with E-state index >= 15 is 0 Å². The molecule has 7 heteroatoms. The lowest BCUT2D eigenvalue weighted by atomic mass is 10.1. The summed E-state index contributed by atoms with van der Waals surface area (Å²) < 4.78 is 2.09. The molecule has 2 heterocycles. The van der Waals surface area contributed by atoms with Crippen molar-refractivity contribution in [2.45, 2.75) is 63.4 Å². The molecule has 0 radical (unpaired) electrons. The summed E-state index contributed by atoms with van der Waals surface area (Å²) in [5, 5.41) is 12.4. The highest BCUT2D eigenvalue weighted by Gasteiger charge is 2.24. The van der Waals surface area contributed by atoms with Gasteiger partial charge < -0.3 is 10.2 Å². The van der Waals surface area contributed by atoms with Crippen molar-refractivity contribution in [3.8, 4) is 5.69 Å². The number of piperidine rings is 1. The minimum absolute atomic E-state index is 0.0213. The fourth-order valence-electron chi connectivity index (χ4n) is 3.17. The molecule has 27 heavy (non-hydrogen) atoms. The molecule has 1 aromatic carbocycles. The second kappa shape index (κ2) is 8.78. The Bertz CT molecular complexity index is 765. The van der Waals surface area contributed by atoms with Crippen molar-refractivity contribution >= 4 is 23.6 Å². The number of nitrogens with zero attached hydrogens (tertiary/aromatic N) is 4. The van der Waals surface area contributed by atoms with Crippen LogP contribution in [-0.2, 0) is 4.79 Å². The van der Waals surface area contributed by atoms with E-state index in [-0.39, 0.29) is 17.2 Å². The highest BCUT2D eigenvalue weighted by Crippen LogP contribution is 2.30. The van der Waals surface area contributed by atoms with Gasteiger partial charge in [-0.05, 0) is 59.1 Å². The number of aryl methyl sites for hydroxylation is 1. The standard InChI is InChI=1S/C20H29N5OS/c1-14(2)21-18(26)16(4)27-20-23-22-19(24-12-6-5-7-13-24)25(20)17-10-8-15(3)9-11-17/h8-11,14,16H,5-7,12-13H2,1-4H3,(H,21,26). The van der Waals surface area contributed by atoms with Crippen LogP contribution >= 0.6 is 11.8 Å². The van der Waals surface area contributed by atoms with Crippen molar-refractivity contribution in [2.75, 3.05) is 18.0 Å². The molecule has 0 bridgehead atoms. The van der Waals surface area contributed by atoms with Crippen LogP contribution in [0.1, 0.15) is 45.6 Å². The SMILES string of the molecule is Cc1ccc(-n2c(SC(C)C(=O)NC(C)C)nnc2N2CCCCC2)cc1. The Kier molecular flexibility index (Phi) is 6.42. The molecule has 1 fully saturated rings. The highest BCUT2D eigenvalue weighted by molar-refractivity contribution is 8.00. The summed E-state index contributed by atoms with van der Waals surface area (Å²) in [6.45, 7) is 9.93. The van der Waals surface area contributed by atoms with Crippen LogP contribution in [0.25, 0.3) is 5.69 Å². The molecule has 2 aromatic rings. The van der Waals surface area contributed by atoms with Gasteiger partial charge in [0.1, 0.15) is 0 Å². The average Bonchev–Trinajstić information content (AvgIpc) is 3.06. The Morgan fingerprint density at radius 3 is 2.37 bits per heavy atom. The van der Waals surface area contributed by atoms with Crippen LogP contribution in [0.5, 0.6) is 0 Å². The summed E-state index contributed by atoms with van der Waals surface area (Å²) in [5.41, 5.74) is 2.25. The lowest BCUT2D eigenvalue weighted by molar-refractivity contribution is -0.120. The molecule has 6 nitrogen and oxygen atoms in total. The summed E-state index contributed by atoms with van der Waals surface area (Å²) in [5.74, 6) is 0.894. The Morgan fingerprint density at radius 2 is 1.74 bits per heavy atom. The zero-order valence-corrected chi connectivity index (χ0v) is 17.4. The van der Waals surface area contributed by atoms with Gasteiger partial charge in [0.15, 0.2) is 5.16 Å². The normalized spacial score (nSPS) is 15.8. The van der Waals surface area contributed by atoms with E-state index in [2.05, 4.69) is 56.2 Å². The first kappa shape index (κ1) is 19.7. The van der Waals surface area contributed by atoms with Crippen molar-refractivity contribution in [2.24, 2.45) is 0 Å². The number of nitrogens with one attached hydrogen (secondary N) is 1. The van der Waals surface area contributed by atoms with Gasteiger partial charge in [0, 0.05) is 19.1 Å². The maximum absolute atomic E-state index is 12.4. The first-order chi connectivity index (χ1) is 13.0. The summed E-state index contributed by atoms with van der Waals surface area (Å²) in [4.78, 5) is 14.7. The molecule has 0 aliphatic carbocycles. The molecule has 1 aliphatic heterocycles. The maximum Gasteiger partial charge on any atom is 0.233 e. The number of rotatable bonds is 6. The number of hydrogen-bond donors (Lipinski definition) is 1. The molecule has 1 aromatic heterocycles. The van der Waals surface area contributed by atoms with Gasteiger partial charge in [0.2, 0.25) is 11.9 Å².